The largest absolute Gasteiger partial charge is 0.497 e. The van der Waals surface area contributed by atoms with Crippen LogP contribution in [-0.4, -0.2) is 31.0 Å². The van der Waals surface area contributed by atoms with E-state index in [2.05, 4.69) is 6.08 Å². The van der Waals surface area contributed by atoms with Crippen LogP contribution in [0.1, 0.15) is 31.7 Å². The second-order valence-corrected chi connectivity index (χ2v) is 5.38. The Morgan fingerprint density at radius 3 is 2.38 bits per heavy atom. The van der Waals surface area contributed by atoms with Crippen LogP contribution in [0.4, 0.5) is 0 Å². The number of benzene rings is 1. The lowest BCUT2D eigenvalue weighted by atomic mass is 10.1. The van der Waals surface area contributed by atoms with Gasteiger partial charge in [0, 0.05) is 19.2 Å². The number of methoxy groups -OCH3 is 1. The number of amides is 1. The molecule has 1 saturated heterocycles. The van der Waals surface area contributed by atoms with Crippen molar-refractivity contribution in [3.63, 3.8) is 0 Å². The van der Waals surface area contributed by atoms with Crippen molar-refractivity contribution in [2.45, 2.75) is 26.2 Å². The zero-order valence-electron chi connectivity index (χ0n) is 12.8. The molecule has 1 aliphatic rings. The molecule has 0 unspecified atom stereocenters. The van der Waals surface area contributed by atoms with E-state index >= 15 is 0 Å². The summed E-state index contributed by atoms with van der Waals surface area (Å²) in [6.45, 7) is 3.79. The van der Waals surface area contributed by atoms with Gasteiger partial charge in [-0.15, -0.1) is 0 Å². The maximum Gasteiger partial charge on any atom is 0.246 e. The zero-order chi connectivity index (χ0) is 15.1. The maximum absolute atomic E-state index is 12.0. The lowest BCUT2D eigenvalue weighted by molar-refractivity contribution is -0.126. The van der Waals surface area contributed by atoms with Crippen molar-refractivity contribution in [2.75, 3.05) is 20.2 Å². The van der Waals surface area contributed by atoms with E-state index in [1.54, 1.807) is 13.2 Å². The predicted octanol–water partition coefficient (Wildman–Crippen LogP) is 3.67. The van der Waals surface area contributed by atoms with Crippen LogP contribution in [0.25, 0.3) is 6.08 Å². The van der Waals surface area contributed by atoms with Gasteiger partial charge in [-0.25, -0.2) is 0 Å². The highest BCUT2D eigenvalue weighted by atomic mass is 16.5. The summed E-state index contributed by atoms with van der Waals surface area (Å²) in [7, 11) is 1.66. The molecule has 0 N–H and O–H groups in total. The summed E-state index contributed by atoms with van der Waals surface area (Å²) in [6.07, 6.45) is 9.12. The minimum absolute atomic E-state index is 0.122. The van der Waals surface area contributed by atoms with Crippen LogP contribution in [0.5, 0.6) is 5.75 Å². The molecule has 0 spiro atoms. The number of hydrogen-bond acceptors (Lipinski definition) is 2. The van der Waals surface area contributed by atoms with Crippen molar-refractivity contribution in [2.24, 2.45) is 0 Å². The van der Waals surface area contributed by atoms with Gasteiger partial charge < -0.3 is 9.64 Å². The van der Waals surface area contributed by atoms with E-state index < -0.39 is 0 Å². The van der Waals surface area contributed by atoms with Gasteiger partial charge in [0.1, 0.15) is 5.75 Å². The lowest BCUT2D eigenvalue weighted by Gasteiger charge is -2.25. The number of carbonyl (C=O) groups excluding carboxylic acids is 1. The molecule has 3 nitrogen and oxygen atoms in total. The molecular weight excluding hydrogens is 262 g/mol. The fourth-order valence-electron chi connectivity index (χ4n) is 2.43. The normalized spacial score (nSPS) is 16.3. The number of ether oxygens (including phenoxy) is 1. The van der Waals surface area contributed by atoms with Gasteiger partial charge in [0.25, 0.3) is 0 Å². The van der Waals surface area contributed by atoms with Crippen molar-refractivity contribution in [1.82, 2.24) is 4.90 Å². The molecule has 0 saturated carbocycles. The molecule has 1 aromatic rings. The summed E-state index contributed by atoms with van der Waals surface area (Å²) in [5.74, 6) is 0.970. The Labute approximate surface area is 126 Å². The first-order valence-electron chi connectivity index (χ1n) is 7.48. The fourth-order valence-corrected chi connectivity index (χ4v) is 2.43. The summed E-state index contributed by atoms with van der Waals surface area (Å²) in [4.78, 5) is 14.0. The molecule has 0 aromatic heterocycles. The number of hydrogen-bond donors (Lipinski definition) is 0. The molecule has 1 heterocycles. The Kier molecular flexibility index (Phi) is 5.61. The molecule has 3 heteroatoms. The molecule has 21 heavy (non-hydrogen) atoms. The Hall–Kier alpha value is -2.03. The van der Waals surface area contributed by atoms with E-state index in [0.717, 1.165) is 42.8 Å². The number of carbonyl (C=O) groups is 1. The van der Waals surface area contributed by atoms with E-state index in [1.165, 1.54) is 6.42 Å². The number of likely N-dealkylation sites (tertiary alicyclic amines) is 1. The van der Waals surface area contributed by atoms with Crippen LogP contribution in [0, 0.1) is 0 Å². The summed E-state index contributed by atoms with van der Waals surface area (Å²) < 4.78 is 5.14. The van der Waals surface area contributed by atoms with Crippen LogP contribution in [0.15, 0.2) is 42.0 Å². The Morgan fingerprint density at radius 2 is 1.76 bits per heavy atom. The number of allylic oxidation sites excluding steroid dienone is 2. The monoisotopic (exact) mass is 285 g/mol. The fraction of sp³-hybridized carbons (Fsp3) is 0.389. The highest BCUT2D eigenvalue weighted by molar-refractivity contribution is 5.88. The molecule has 0 aliphatic carbocycles. The average Bonchev–Trinajstić information content (AvgIpc) is 2.54. The summed E-state index contributed by atoms with van der Waals surface area (Å²) in [5, 5.41) is 0. The molecule has 0 bridgehead atoms. The number of rotatable bonds is 4. The standard InChI is InChI=1S/C18H23NO2/c1-15(14-16-7-9-17(21-2)10-8-16)6-11-18(20)19-12-4-3-5-13-19/h6-11,14H,3-5,12-13H2,1-2H3. The predicted molar refractivity (Wildman–Crippen MR) is 86.2 cm³/mol. The van der Waals surface area contributed by atoms with E-state index in [9.17, 15) is 4.79 Å². The van der Waals surface area contributed by atoms with E-state index in [0.29, 0.717) is 0 Å². The zero-order valence-corrected chi connectivity index (χ0v) is 12.8. The highest BCUT2D eigenvalue weighted by Crippen LogP contribution is 2.14. The molecule has 1 amide bonds. The Morgan fingerprint density at radius 1 is 1.10 bits per heavy atom. The smallest absolute Gasteiger partial charge is 0.246 e. The van der Waals surface area contributed by atoms with Gasteiger partial charge in [-0.3, -0.25) is 4.79 Å². The molecule has 0 atom stereocenters. The van der Waals surface area contributed by atoms with Crippen molar-refractivity contribution in [3.05, 3.63) is 47.6 Å². The first-order chi connectivity index (χ1) is 10.2. The lowest BCUT2D eigenvalue weighted by Crippen LogP contribution is -2.34. The van der Waals surface area contributed by atoms with Gasteiger partial charge in [-0.2, -0.15) is 0 Å². The van der Waals surface area contributed by atoms with Gasteiger partial charge in [-0.05, 0) is 43.9 Å². The first kappa shape index (κ1) is 15.4. The summed E-state index contributed by atoms with van der Waals surface area (Å²) >= 11 is 0. The molecule has 0 radical (unpaired) electrons. The van der Waals surface area contributed by atoms with Crippen LogP contribution < -0.4 is 4.74 Å². The van der Waals surface area contributed by atoms with Crippen LogP contribution in [0.2, 0.25) is 0 Å². The average molecular weight is 285 g/mol. The minimum Gasteiger partial charge on any atom is -0.497 e. The van der Waals surface area contributed by atoms with Crippen LogP contribution >= 0.6 is 0 Å². The molecular formula is C18H23NO2. The maximum atomic E-state index is 12.0. The molecule has 1 aromatic carbocycles. The van der Waals surface area contributed by atoms with Gasteiger partial charge in [0.05, 0.1) is 7.11 Å². The third kappa shape index (κ3) is 4.78. The summed E-state index contributed by atoms with van der Waals surface area (Å²) in [6, 6.07) is 7.87. The van der Waals surface area contributed by atoms with Crippen LogP contribution in [-0.2, 0) is 4.79 Å². The van der Waals surface area contributed by atoms with Gasteiger partial charge >= 0.3 is 0 Å². The highest BCUT2D eigenvalue weighted by Gasteiger charge is 2.13. The quantitative estimate of drug-likeness (QED) is 0.624. The molecule has 1 fully saturated rings. The molecule has 112 valence electrons. The third-order valence-electron chi connectivity index (χ3n) is 3.67. The van der Waals surface area contributed by atoms with Gasteiger partial charge in [0.15, 0.2) is 0 Å². The van der Waals surface area contributed by atoms with E-state index in [-0.39, 0.29) is 5.91 Å². The second-order valence-electron chi connectivity index (χ2n) is 5.38. The number of nitrogens with zero attached hydrogens (tertiary/aromatic N) is 1. The van der Waals surface area contributed by atoms with Gasteiger partial charge in [0.2, 0.25) is 5.91 Å². The van der Waals surface area contributed by atoms with E-state index in [1.807, 2.05) is 42.2 Å². The SMILES string of the molecule is COc1ccc(C=C(C)C=CC(=O)N2CCCCC2)cc1. The number of piperidine rings is 1. The Bertz CT molecular complexity index is 523. The third-order valence-corrected chi connectivity index (χ3v) is 3.67. The van der Waals surface area contributed by atoms with Crippen molar-refractivity contribution in [1.29, 1.82) is 0 Å². The van der Waals surface area contributed by atoms with Gasteiger partial charge in [-0.1, -0.05) is 29.9 Å². The van der Waals surface area contributed by atoms with Crippen molar-refractivity contribution >= 4 is 12.0 Å². The topological polar surface area (TPSA) is 29.5 Å². The van der Waals surface area contributed by atoms with Crippen LogP contribution in [0.3, 0.4) is 0 Å². The first-order valence-corrected chi connectivity index (χ1v) is 7.48. The summed E-state index contributed by atoms with van der Waals surface area (Å²) in [5.41, 5.74) is 2.16. The Balaban J connectivity index is 1.95. The minimum atomic E-state index is 0.122. The van der Waals surface area contributed by atoms with E-state index in [4.69, 9.17) is 4.74 Å². The second kappa shape index (κ2) is 7.67. The molecule has 1 aliphatic heterocycles. The molecule has 2 rings (SSSR count). The van der Waals surface area contributed by atoms with Crippen molar-refractivity contribution < 1.29 is 9.53 Å². The van der Waals surface area contributed by atoms with Crippen molar-refractivity contribution in [3.8, 4) is 5.75 Å².